The fourth-order valence-corrected chi connectivity index (χ4v) is 3.27. The Morgan fingerprint density at radius 2 is 2.14 bits per heavy atom. The van der Waals surface area contributed by atoms with Gasteiger partial charge in [0, 0.05) is 21.2 Å². The molecule has 1 unspecified atom stereocenters. The molecule has 0 radical (unpaired) electrons. The number of amides is 1. The molecule has 5 nitrogen and oxygen atoms in total. The van der Waals surface area contributed by atoms with Crippen molar-refractivity contribution in [3.05, 3.63) is 22.7 Å². The second kappa shape index (κ2) is 8.00. The van der Waals surface area contributed by atoms with E-state index in [2.05, 4.69) is 21.2 Å². The average Bonchev–Trinajstić information content (AvgIpc) is 2.36. The molecular formula is C13H17BrClNO4S. The van der Waals surface area contributed by atoms with Crippen LogP contribution in [0.2, 0.25) is 0 Å². The van der Waals surface area contributed by atoms with Crippen LogP contribution < -0.4 is 10.1 Å². The van der Waals surface area contributed by atoms with Gasteiger partial charge >= 0.3 is 0 Å². The Bertz CT molecular complexity index is 606. The normalized spacial score (nSPS) is 12.8. The summed E-state index contributed by atoms with van der Waals surface area (Å²) in [5.74, 6) is -0.261. The lowest BCUT2D eigenvalue weighted by molar-refractivity contribution is -0.123. The van der Waals surface area contributed by atoms with Crippen LogP contribution in [0.15, 0.2) is 27.6 Å². The van der Waals surface area contributed by atoms with Gasteiger partial charge in [-0.2, -0.15) is 0 Å². The van der Waals surface area contributed by atoms with Crippen LogP contribution in [0.3, 0.4) is 0 Å². The second-order valence-electron chi connectivity index (χ2n) is 4.57. The molecule has 0 saturated heterocycles. The molecule has 1 aromatic rings. The van der Waals surface area contributed by atoms with Gasteiger partial charge in [0.1, 0.15) is 10.6 Å². The summed E-state index contributed by atoms with van der Waals surface area (Å²) in [5, 5.41) is 2.77. The Balaban J connectivity index is 2.74. The summed E-state index contributed by atoms with van der Waals surface area (Å²) in [6.45, 7) is 3.66. The lowest BCUT2D eigenvalue weighted by Crippen LogP contribution is -2.36. The number of ether oxygens (including phenoxy) is 1. The summed E-state index contributed by atoms with van der Waals surface area (Å²) < 4.78 is 28.8. The highest BCUT2D eigenvalue weighted by Gasteiger charge is 2.18. The third-order valence-electron chi connectivity index (χ3n) is 2.66. The SMILES string of the molecule is CCCC(C)NC(=O)COc1ccc(Br)cc1S(=O)(=O)Cl. The van der Waals surface area contributed by atoms with Gasteiger partial charge < -0.3 is 10.1 Å². The van der Waals surface area contributed by atoms with E-state index in [1.54, 1.807) is 6.07 Å². The van der Waals surface area contributed by atoms with Crippen molar-refractivity contribution in [3.63, 3.8) is 0 Å². The maximum atomic E-state index is 11.7. The number of halogens is 2. The summed E-state index contributed by atoms with van der Waals surface area (Å²) in [6, 6.07) is 4.43. The van der Waals surface area contributed by atoms with Crippen molar-refractivity contribution in [1.82, 2.24) is 5.32 Å². The fourth-order valence-electron chi connectivity index (χ4n) is 1.76. The number of hydrogen-bond donors (Lipinski definition) is 1. The van der Waals surface area contributed by atoms with Gasteiger partial charge in [0.25, 0.3) is 15.0 Å². The van der Waals surface area contributed by atoms with E-state index < -0.39 is 9.05 Å². The van der Waals surface area contributed by atoms with Crippen LogP contribution in [-0.2, 0) is 13.8 Å². The topological polar surface area (TPSA) is 72.5 Å². The van der Waals surface area contributed by atoms with Crippen LogP contribution in [0.5, 0.6) is 5.75 Å². The van der Waals surface area contributed by atoms with Crippen LogP contribution in [0.4, 0.5) is 0 Å². The van der Waals surface area contributed by atoms with Crippen molar-refractivity contribution in [2.75, 3.05) is 6.61 Å². The smallest absolute Gasteiger partial charge is 0.265 e. The van der Waals surface area contributed by atoms with Crippen molar-refractivity contribution in [1.29, 1.82) is 0 Å². The number of nitrogens with one attached hydrogen (secondary N) is 1. The molecular weight excluding hydrogens is 382 g/mol. The van der Waals surface area contributed by atoms with Crippen LogP contribution in [-0.4, -0.2) is 27.0 Å². The summed E-state index contributed by atoms with van der Waals surface area (Å²) in [5.41, 5.74) is 0. The molecule has 0 heterocycles. The Morgan fingerprint density at radius 1 is 1.48 bits per heavy atom. The quantitative estimate of drug-likeness (QED) is 0.717. The summed E-state index contributed by atoms with van der Waals surface area (Å²) in [6.07, 6.45) is 1.83. The monoisotopic (exact) mass is 397 g/mol. The minimum atomic E-state index is -3.95. The molecule has 0 aliphatic carbocycles. The molecule has 21 heavy (non-hydrogen) atoms. The number of carbonyl (C=O) groups excluding carboxylic acids is 1. The van der Waals surface area contributed by atoms with Crippen molar-refractivity contribution in [3.8, 4) is 5.75 Å². The van der Waals surface area contributed by atoms with Crippen molar-refractivity contribution < 1.29 is 17.9 Å². The maximum absolute atomic E-state index is 11.7. The van der Waals surface area contributed by atoms with Gasteiger partial charge in [-0.05, 0) is 31.5 Å². The highest BCUT2D eigenvalue weighted by Crippen LogP contribution is 2.29. The Labute approximate surface area is 137 Å². The van der Waals surface area contributed by atoms with Crippen LogP contribution >= 0.6 is 26.6 Å². The number of benzene rings is 1. The molecule has 118 valence electrons. The average molecular weight is 399 g/mol. The first-order valence-corrected chi connectivity index (χ1v) is 9.50. The molecule has 0 aliphatic rings. The van der Waals surface area contributed by atoms with E-state index in [9.17, 15) is 13.2 Å². The van der Waals surface area contributed by atoms with E-state index in [4.69, 9.17) is 15.4 Å². The molecule has 0 saturated carbocycles. The van der Waals surface area contributed by atoms with Crippen LogP contribution in [0.1, 0.15) is 26.7 Å². The number of carbonyl (C=O) groups is 1. The fraction of sp³-hybridized carbons (Fsp3) is 0.462. The number of hydrogen-bond acceptors (Lipinski definition) is 4. The van der Waals surface area contributed by atoms with Gasteiger partial charge in [0.2, 0.25) is 0 Å². The largest absolute Gasteiger partial charge is 0.482 e. The zero-order valence-corrected chi connectivity index (χ0v) is 14.9. The Hall–Kier alpha value is -0.790. The Kier molecular flexibility index (Phi) is 6.96. The summed E-state index contributed by atoms with van der Waals surface area (Å²) in [4.78, 5) is 11.5. The molecule has 0 bridgehead atoms. The van der Waals surface area contributed by atoms with E-state index in [1.807, 2.05) is 13.8 Å². The molecule has 0 fully saturated rings. The third kappa shape index (κ3) is 6.23. The third-order valence-corrected chi connectivity index (χ3v) is 4.49. The zero-order valence-electron chi connectivity index (χ0n) is 11.7. The highest BCUT2D eigenvalue weighted by molar-refractivity contribution is 9.10. The predicted octanol–water partition coefficient (Wildman–Crippen LogP) is 3.06. The molecule has 1 N–H and O–H groups in total. The molecule has 1 amide bonds. The van der Waals surface area contributed by atoms with Crippen LogP contribution in [0, 0.1) is 0 Å². The van der Waals surface area contributed by atoms with Crippen molar-refractivity contribution in [2.45, 2.75) is 37.6 Å². The van der Waals surface area contributed by atoms with Crippen LogP contribution in [0.25, 0.3) is 0 Å². The van der Waals surface area contributed by atoms with Crippen molar-refractivity contribution in [2.24, 2.45) is 0 Å². The molecule has 1 atom stereocenters. The van der Waals surface area contributed by atoms with E-state index in [1.165, 1.54) is 12.1 Å². The molecule has 1 rings (SSSR count). The Morgan fingerprint density at radius 3 is 2.71 bits per heavy atom. The molecule has 0 aromatic heterocycles. The summed E-state index contributed by atoms with van der Waals surface area (Å²) >= 11 is 3.16. The first-order valence-electron chi connectivity index (χ1n) is 6.40. The van der Waals surface area contributed by atoms with Gasteiger partial charge in [-0.15, -0.1) is 0 Å². The number of rotatable bonds is 7. The first-order chi connectivity index (χ1) is 9.74. The molecule has 8 heteroatoms. The zero-order chi connectivity index (χ0) is 16.0. The van der Waals surface area contributed by atoms with E-state index in [-0.39, 0.29) is 29.2 Å². The van der Waals surface area contributed by atoms with Gasteiger partial charge in [0.15, 0.2) is 6.61 Å². The summed E-state index contributed by atoms with van der Waals surface area (Å²) in [7, 11) is 1.40. The minimum Gasteiger partial charge on any atom is -0.482 e. The predicted molar refractivity (Wildman–Crippen MR) is 85.2 cm³/mol. The lowest BCUT2D eigenvalue weighted by Gasteiger charge is -2.14. The van der Waals surface area contributed by atoms with E-state index >= 15 is 0 Å². The van der Waals surface area contributed by atoms with Gasteiger partial charge in [0.05, 0.1) is 0 Å². The van der Waals surface area contributed by atoms with Gasteiger partial charge in [-0.1, -0.05) is 29.3 Å². The van der Waals surface area contributed by atoms with Crippen molar-refractivity contribution >= 4 is 41.6 Å². The first kappa shape index (κ1) is 18.3. The van der Waals surface area contributed by atoms with E-state index in [0.717, 1.165) is 12.8 Å². The lowest BCUT2D eigenvalue weighted by atomic mass is 10.2. The molecule has 0 spiro atoms. The highest BCUT2D eigenvalue weighted by atomic mass is 79.9. The van der Waals surface area contributed by atoms with E-state index in [0.29, 0.717) is 4.47 Å². The molecule has 1 aromatic carbocycles. The molecule has 0 aliphatic heterocycles. The van der Waals surface area contributed by atoms with Gasteiger partial charge in [-0.3, -0.25) is 4.79 Å². The maximum Gasteiger partial charge on any atom is 0.265 e. The second-order valence-corrected chi connectivity index (χ2v) is 8.02. The van der Waals surface area contributed by atoms with Gasteiger partial charge in [-0.25, -0.2) is 8.42 Å². The standard InChI is InChI=1S/C13H17BrClNO4S/c1-3-4-9(2)16-13(17)8-20-11-6-5-10(14)7-12(11)21(15,18)19/h5-7,9H,3-4,8H2,1-2H3,(H,16,17). The minimum absolute atomic E-state index is 0.0477.